The fraction of sp³-hybridized carbons (Fsp3) is 1.00. The summed E-state index contributed by atoms with van der Waals surface area (Å²) >= 11 is 0. The molecule has 90 valence electrons. The highest BCUT2D eigenvalue weighted by molar-refractivity contribution is 4.69. The lowest BCUT2D eigenvalue weighted by Crippen LogP contribution is -1.92. The highest BCUT2D eigenvalue weighted by Gasteiger charge is 2.22. The first-order chi connectivity index (χ1) is 7.08. The fourth-order valence-corrected chi connectivity index (χ4v) is 1.48. The van der Waals surface area contributed by atoms with Crippen LogP contribution in [-0.4, -0.2) is 25.4 Å². The van der Waals surface area contributed by atoms with Gasteiger partial charge in [0.1, 0.15) is 0 Å². The molecular weight excluding hydrogens is 188 g/mol. The largest absolute Gasteiger partial charge is 0.373 e. The van der Waals surface area contributed by atoms with Gasteiger partial charge in [0.05, 0.1) is 25.4 Å². The summed E-state index contributed by atoms with van der Waals surface area (Å²) in [7, 11) is 0. The maximum absolute atomic E-state index is 5.06. The molecule has 2 aliphatic heterocycles. The van der Waals surface area contributed by atoms with E-state index < -0.39 is 0 Å². The van der Waals surface area contributed by atoms with Crippen LogP contribution in [0.3, 0.4) is 0 Å². The number of ether oxygens (including phenoxy) is 2. The quantitative estimate of drug-likeness (QED) is 0.656. The van der Waals surface area contributed by atoms with E-state index in [2.05, 4.69) is 27.7 Å². The lowest BCUT2D eigenvalue weighted by Gasteiger charge is -1.98. The van der Waals surface area contributed by atoms with Crippen molar-refractivity contribution in [2.75, 3.05) is 13.2 Å². The maximum atomic E-state index is 5.06. The minimum Gasteiger partial charge on any atom is -0.373 e. The van der Waals surface area contributed by atoms with Crippen LogP contribution in [0, 0.1) is 11.8 Å². The second kappa shape index (κ2) is 6.49. The molecule has 15 heavy (non-hydrogen) atoms. The molecule has 0 aromatic heterocycles. The normalized spacial score (nSPS) is 27.6. The van der Waals surface area contributed by atoms with Gasteiger partial charge in [-0.1, -0.05) is 27.7 Å². The zero-order valence-corrected chi connectivity index (χ0v) is 10.7. The maximum Gasteiger partial charge on any atom is 0.0812 e. The smallest absolute Gasteiger partial charge is 0.0812 e. The van der Waals surface area contributed by atoms with Gasteiger partial charge in [0.2, 0.25) is 0 Å². The van der Waals surface area contributed by atoms with Crippen molar-refractivity contribution in [1.29, 1.82) is 0 Å². The van der Waals surface area contributed by atoms with Crippen molar-refractivity contribution >= 4 is 0 Å². The van der Waals surface area contributed by atoms with Gasteiger partial charge in [0, 0.05) is 0 Å². The molecule has 0 aliphatic carbocycles. The predicted molar refractivity (Wildman–Crippen MR) is 63.0 cm³/mol. The zero-order valence-electron chi connectivity index (χ0n) is 10.7. The van der Waals surface area contributed by atoms with Gasteiger partial charge in [-0.25, -0.2) is 0 Å². The Balaban J connectivity index is 0.000000151. The molecule has 2 heterocycles. The lowest BCUT2D eigenvalue weighted by molar-refractivity contribution is 0.370. The third-order valence-corrected chi connectivity index (χ3v) is 2.61. The van der Waals surface area contributed by atoms with Crippen molar-refractivity contribution in [2.24, 2.45) is 11.8 Å². The molecule has 0 aromatic carbocycles. The van der Waals surface area contributed by atoms with Crippen LogP contribution in [0.15, 0.2) is 0 Å². The number of epoxide rings is 2. The van der Waals surface area contributed by atoms with Crippen LogP contribution in [0.1, 0.15) is 47.0 Å². The van der Waals surface area contributed by atoms with E-state index in [4.69, 9.17) is 9.47 Å². The number of hydrogen-bond acceptors (Lipinski definition) is 2. The summed E-state index contributed by atoms with van der Waals surface area (Å²) in [6.07, 6.45) is 5.11. The predicted octanol–water partition coefficient (Wildman–Crippen LogP) is 3.25. The zero-order chi connectivity index (χ0) is 11.3. The van der Waals surface area contributed by atoms with Gasteiger partial charge < -0.3 is 9.47 Å². The van der Waals surface area contributed by atoms with Crippen molar-refractivity contribution in [1.82, 2.24) is 0 Å². The molecule has 0 N–H and O–H groups in total. The average molecular weight is 214 g/mol. The molecule has 0 saturated carbocycles. The lowest BCUT2D eigenvalue weighted by atomic mass is 10.1. The molecular formula is C13H26O2. The van der Waals surface area contributed by atoms with Gasteiger partial charge in [-0.05, 0) is 31.1 Å². The van der Waals surface area contributed by atoms with E-state index in [0.717, 1.165) is 25.0 Å². The summed E-state index contributed by atoms with van der Waals surface area (Å²) in [6, 6.07) is 0. The Morgan fingerprint density at radius 2 is 1.47 bits per heavy atom. The minimum atomic E-state index is 0.625. The van der Waals surface area contributed by atoms with Gasteiger partial charge in [0.25, 0.3) is 0 Å². The standard InChI is InChI=1S/C7H14O.C6H12O/c1-6(2)3-4-7-5-8-7;1-5(2)3-6-4-7-6/h6-7H,3-5H2,1-2H3;5-6H,3-4H2,1-2H3. The molecule has 2 nitrogen and oxygen atoms in total. The van der Waals surface area contributed by atoms with Crippen LogP contribution in [-0.2, 0) is 9.47 Å². The third kappa shape index (κ3) is 8.88. The Labute approximate surface area is 94.3 Å². The van der Waals surface area contributed by atoms with Crippen molar-refractivity contribution < 1.29 is 9.47 Å². The van der Waals surface area contributed by atoms with Crippen molar-refractivity contribution in [2.45, 2.75) is 59.2 Å². The van der Waals surface area contributed by atoms with E-state index in [0.29, 0.717) is 12.2 Å². The van der Waals surface area contributed by atoms with Crippen molar-refractivity contribution in [3.63, 3.8) is 0 Å². The second-order valence-electron chi connectivity index (χ2n) is 5.51. The molecule has 0 spiro atoms. The Kier molecular flexibility index (Phi) is 5.62. The van der Waals surface area contributed by atoms with Crippen molar-refractivity contribution in [3.8, 4) is 0 Å². The number of rotatable bonds is 5. The fourth-order valence-electron chi connectivity index (χ4n) is 1.48. The van der Waals surface area contributed by atoms with E-state index in [-0.39, 0.29) is 0 Å². The Bertz CT molecular complexity index is 156. The summed E-state index contributed by atoms with van der Waals surface area (Å²) in [4.78, 5) is 0. The molecule has 2 heteroatoms. The summed E-state index contributed by atoms with van der Waals surface area (Å²) < 4.78 is 10.1. The highest BCUT2D eigenvalue weighted by atomic mass is 16.6. The van der Waals surface area contributed by atoms with E-state index in [9.17, 15) is 0 Å². The molecule has 2 aliphatic rings. The van der Waals surface area contributed by atoms with Crippen LogP contribution in [0.2, 0.25) is 0 Å². The molecule has 0 aromatic rings. The van der Waals surface area contributed by atoms with Gasteiger partial charge in [0.15, 0.2) is 0 Å². The summed E-state index contributed by atoms with van der Waals surface area (Å²) in [5, 5.41) is 0. The first-order valence-corrected chi connectivity index (χ1v) is 6.31. The van der Waals surface area contributed by atoms with Crippen LogP contribution >= 0.6 is 0 Å². The summed E-state index contributed by atoms with van der Waals surface area (Å²) in [5.41, 5.74) is 0. The van der Waals surface area contributed by atoms with Crippen LogP contribution in [0.5, 0.6) is 0 Å². The average Bonchev–Trinajstić information content (AvgIpc) is 2.96. The SMILES string of the molecule is CC(C)CC1CO1.CC(C)CCC1CO1. The minimum absolute atomic E-state index is 0.625. The van der Waals surface area contributed by atoms with E-state index in [1.165, 1.54) is 19.3 Å². The van der Waals surface area contributed by atoms with E-state index >= 15 is 0 Å². The third-order valence-electron chi connectivity index (χ3n) is 2.61. The summed E-state index contributed by atoms with van der Waals surface area (Å²) in [5.74, 6) is 1.66. The molecule has 2 rings (SSSR count). The Hall–Kier alpha value is -0.0800. The van der Waals surface area contributed by atoms with E-state index in [1.807, 2.05) is 0 Å². The molecule has 0 radical (unpaired) electrons. The van der Waals surface area contributed by atoms with Crippen LogP contribution < -0.4 is 0 Å². The molecule has 2 fully saturated rings. The molecule has 2 unspecified atom stereocenters. The molecule has 0 amide bonds. The molecule has 2 saturated heterocycles. The Morgan fingerprint density at radius 3 is 1.73 bits per heavy atom. The highest BCUT2D eigenvalue weighted by Crippen LogP contribution is 2.18. The van der Waals surface area contributed by atoms with E-state index in [1.54, 1.807) is 0 Å². The van der Waals surface area contributed by atoms with Crippen LogP contribution in [0.4, 0.5) is 0 Å². The second-order valence-corrected chi connectivity index (χ2v) is 5.51. The first kappa shape index (κ1) is 13.0. The molecule has 2 atom stereocenters. The number of hydrogen-bond donors (Lipinski definition) is 0. The van der Waals surface area contributed by atoms with Crippen LogP contribution in [0.25, 0.3) is 0 Å². The van der Waals surface area contributed by atoms with Gasteiger partial charge in [-0.3, -0.25) is 0 Å². The monoisotopic (exact) mass is 214 g/mol. The topological polar surface area (TPSA) is 25.1 Å². The first-order valence-electron chi connectivity index (χ1n) is 6.31. The van der Waals surface area contributed by atoms with Gasteiger partial charge in [-0.2, -0.15) is 0 Å². The van der Waals surface area contributed by atoms with Gasteiger partial charge >= 0.3 is 0 Å². The Morgan fingerprint density at radius 1 is 0.933 bits per heavy atom. The van der Waals surface area contributed by atoms with Crippen molar-refractivity contribution in [3.05, 3.63) is 0 Å². The summed E-state index contributed by atoms with van der Waals surface area (Å²) in [6.45, 7) is 11.0. The van der Waals surface area contributed by atoms with Gasteiger partial charge in [-0.15, -0.1) is 0 Å². The molecule has 0 bridgehead atoms.